The van der Waals surface area contributed by atoms with Gasteiger partial charge in [0.05, 0.1) is 14.1 Å². The van der Waals surface area contributed by atoms with E-state index in [9.17, 15) is 0 Å². The average Bonchev–Trinajstić information content (AvgIpc) is 2.14. The van der Waals surface area contributed by atoms with Crippen molar-refractivity contribution in [2.75, 3.05) is 14.1 Å². The molecule has 0 saturated carbocycles. The number of quaternary nitrogens is 1. The van der Waals surface area contributed by atoms with Crippen LogP contribution in [-0.2, 0) is 0 Å². The van der Waals surface area contributed by atoms with Crippen LogP contribution in [0.5, 0.6) is 0 Å². The quantitative estimate of drug-likeness (QED) is 0.482. The summed E-state index contributed by atoms with van der Waals surface area (Å²) in [4.78, 5) is 0. The number of aryl methyl sites for hydroxylation is 1. The van der Waals surface area contributed by atoms with Crippen LogP contribution >= 0.6 is 0 Å². The molecule has 0 fully saturated rings. The van der Waals surface area contributed by atoms with Gasteiger partial charge in [0.15, 0.2) is 0 Å². The molecule has 0 radical (unpaired) electrons. The predicted molar refractivity (Wildman–Crippen MR) is 72.6 cm³/mol. The molecule has 0 unspecified atom stereocenters. The first kappa shape index (κ1) is 14.7. The number of benzene rings is 1. The lowest BCUT2D eigenvalue weighted by molar-refractivity contribution is -0.00000373. The molecule has 1 aliphatic rings. The summed E-state index contributed by atoms with van der Waals surface area (Å²) in [7, 11) is 4.58. The zero-order chi connectivity index (χ0) is 12.1. The SMILES string of the molecule is CC1=CC(C)(C)[N+](C)(C)c2ccc(C)cc21.[I-]. The molecule has 0 atom stereocenters. The van der Waals surface area contributed by atoms with Gasteiger partial charge in [0.2, 0.25) is 0 Å². The van der Waals surface area contributed by atoms with Crippen molar-refractivity contribution in [2.45, 2.75) is 33.2 Å². The molecule has 0 bridgehead atoms. The first-order chi connectivity index (χ1) is 7.25. The Morgan fingerprint density at radius 1 is 1.06 bits per heavy atom. The molecule has 94 valence electrons. The van der Waals surface area contributed by atoms with Crippen LogP contribution in [0.3, 0.4) is 0 Å². The van der Waals surface area contributed by atoms with E-state index in [4.69, 9.17) is 0 Å². The first-order valence-electron chi connectivity index (χ1n) is 5.91. The number of fused-ring (bicyclic) bond motifs is 1. The second-order valence-electron chi connectivity index (χ2n) is 5.96. The second kappa shape index (κ2) is 4.39. The van der Waals surface area contributed by atoms with E-state index >= 15 is 0 Å². The highest BCUT2D eigenvalue weighted by molar-refractivity contribution is 5.79. The van der Waals surface area contributed by atoms with E-state index in [1.807, 2.05) is 0 Å². The molecule has 0 spiro atoms. The molecular weight excluding hydrogens is 321 g/mol. The molecule has 2 heteroatoms. The van der Waals surface area contributed by atoms with Crippen LogP contribution in [0.4, 0.5) is 5.69 Å². The normalized spacial score (nSPS) is 20.0. The third-order valence-corrected chi connectivity index (χ3v) is 4.19. The number of halogens is 1. The minimum atomic E-state index is 0. The fraction of sp³-hybridized carbons (Fsp3) is 0.467. The van der Waals surface area contributed by atoms with E-state index in [0.29, 0.717) is 0 Å². The summed E-state index contributed by atoms with van der Waals surface area (Å²) < 4.78 is 0.917. The largest absolute Gasteiger partial charge is 1.00 e. The number of hydrogen-bond donors (Lipinski definition) is 0. The summed E-state index contributed by atoms with van der Waals surface area (Å²) in [6.07, 6.45) is 2.40. The van der Waals surface area contributed by atoms with Crippen LogP contribution in [0.2, 0.25) is 0 Å². The Bertz CT molecular complexity index is 470. The highest BCUT2D eigenvalue weighted by atomic mass is 127. The summed E-state index contributed by atoms with van der Waals surface area (Å²) in [5.41, 5.74) is 5.74. The van der Waals surface area contributed by atoms with Crippen LogP contribution in [-0.4, -0.2) is 19.6 Å². The zero-order valence-corrected chi connectivity index (χ0v) is 13.8. The smallest absolute Gasteiger partial charge is 0.140 e. The topological polar surface area (TPSA) is 0 Å². The Kier molecular flexibility index (Phi) is 3.80. The lowest BCUT2D eigenvalue weighted by Gasteiger charge is -2.46. The zero-order valence-electron chi connectivity index (χ0n) is 11.6. The number of hydrogen-bond acceptors (Lipinski definition) is 0. The van der Waals surface area contributed by atoms with Crippen molar-refractivity contribution in [3.05, 3.63) is 35.4 Å². The van der Waals surface area contributed by atoms with Crippen LogP contribution in [0.15, 0.2) is 24.3 Å². The monoisotopic (exact) mass is 343 g/mol. The minimum Gasteiger partial charge on any atom is -1.00 e. The van der Waals surface area contributed by atoms with Gasteiger partial charge in [-0.15, -0.1) is 0 Å². The fourth-order valence-corrected chi connectivity index (χ4v) is 2.53. The lowest BCUT2D eigenvalue weighted by Crippen LogP contribution is -3.00. The molecular formula is C15H22IN. The Morgan fingerprint density at radius 2 is 1.65 bits per heavy atom. The van der Waals surface area contributed by atoms with E-state index < -0.39 is 0 Å². The van der Waals surface area contributed by atoms with Crippen LogP contribution in [0.25, 0.3) is 5.57 Å². The van der Waals surface area contributed by atoms with Gasteiger partial charge in [0.25, 0.3) is 0 Å². The molecule has 17 heavy (non-hydrogen) atoms. The Morgan fingerprint density at radius 3 is 2.24 bits per heavy atom. The molecule has 0 saturated heterocycles. The van der Waals surface area contributed by atoms with E-state index in [2.05, 4.69) is 66.1 Å². The number of rotatable bonds is 0. The van der Waals surface area contributed by atoms with E-state index in [1.165, 1.54) is 22.4 Å². The Hall–Kier alpha value is -0.350. The van der Waals surface area contributed by atoms with Crippen molar-refractivity contribution >= 4 is 11.3 Å². The standard InChI is InChI=1S/C15H22N.HI/c1-11-7-8-14-13(9-11)12(2)10-15(3,4)16(14,5)6;/h7-10H,1-6H3;1H/q+1;/p-1. The highest BCUT2D eigenvalue weighted by Crippen LogP contribution is 2.42. The predicted octanol–water partition coefficient (Wildman–Crippen LogP) is 0.761. The van der Waals surface area contributed by atoms with Crippen molar-refractivity contribution in [3.8, 4) is 0 Å². The maximum absolute atomic E-state index is 2.40. The van der Waals surface area contributed by atoms with Gasteiger partial charge in [0.1, 0.15) is 11.2 Å². The van der Waals surface area contributed by atoms with E-state index in [-0.39, 0.29) is 29.5 Å². The van der Waals surface area contributed by atoms with Crippen LogP contribution < -0.4 is 28.5 Å². The third-order valence-electron chi connectivity index (χ3n) is 4.19. The second-order valence-corrected chi connectivity index (χ2v) is 5.96. The molecule has 0 aromatic heterocycles. The van der Waals surface area contributed by atoms with Gasteiger partial charge in [-0.2, -0.15) is 0 Å². The summed E-state index contributed by atoms with van der Waals surface area (Å²) in [5.74, 6) is 0. The van der Waals surface area contributed by atoms with Gasteiger partial charge in [-0.05, 0) is 45.4 Å². The lowest BCUT2D eigenvalue weighted by atomic mass is 9.86. The van der Waals surface area contributed by atoms with Gasteiger partial charge < -0.3 is 24.0 Å². The molecule has 0 amide bonds. The van der Waals surface area contributed by atoms with Crippen molar-refractivity contribution < 1.29 is 24.0 Å². The van der Waals surface area contributed by atoms with Crippen LogP contribution in [0.1, 0.15) is 31.9 Å². The number of nitrogens with zero attached hydrogens (tertiary/aromatic N) is 1. The van der Waals surface area contributed by atoms with Crippen molar-refractivity contribution in [1.82, 2.24) is 4.48 Å². The van der Waals surface area contributed by atoms with Gasteiger partial charge in [0, 0.05) is 11.6 Å². The minimum absolute atomic E-state index is 0. The molecule has 2 rings (SSSR count). The summed E-state index contributed by atoms with van der Waals surface area (Å²) in [6.45, 7) is 8.99. The van der Waals surface area contributed by atoms with E-state index in [1.54, 1.807) is 0 Å². The highest BCUT2D eigenvalue weighted by Gasteiger charge is 2.41. The van der Waals surface area contributed by atoms with Crippen molar-refractivity contribution in [2.24, 2.45) is 0 Å². The Labute approximate surface area is 122 Å². The van der Waals surface area contributed by atoms with Crippen molar-refractivity contribution in [1.29, 1.82) is 0 Å². The molecule has 0 aliphatic carbocycles. The van der Waals surface area contributed by atoms with Gasteiger partial charge in [-0.25, -0.2) is 0 Å². The van der Waals surface area contributed by atoms with Gasteiger partial charge >= 0.3 is 0 Å². The summed E-state index contributed by atoms with van der Waals surface area (Å²) >= 11 is 0. The van der Waals surface area contributed by atoms with Crippen LogP contribution in [0, 0.1) is 6.92 Å². The molecule has 1 aromatic carbocycles. The molecule has 1 aromatic rings. The summed E-state index contributed by atoms with van der Waals surface area (Å²) in [6, 6.07) is 6.80. The molecule has 1 aliphatic heterocycles. The molecule has 1 heterocycles. The number of likely N-dealkylation sites (N-methyl/N-ethyl adjacent to an activating group) is 1. The van der Waals surface area contributed by atoms with Gasteiger partial charge in [-0.1, -0.05) is 11.6 Å². The van der Waals surface area contributed by atoms with Crippen molar-refractivity contribution in [3.63, 3.8) is 0 Å². The molecule has 1 nitrogen and oxygen atoms in total. The fourth-order valence-electron chi connectivity index (χ4n) is 2.53. The summed E-state index contributed by atoms with van der Waals surface area (Å²) in [5, 5.41) is 0. The van der Waals surface area contributed by atoms with E-state index in [0.717, 1.165) is 4.48 Å². The third kappa shape index (κ3) is 2.17. The Balaban J connectivity index is 0.00000144. The number of allylic oxidation sites excluding steroid dienone is 1. The molecule has 0 N–H and O–H groups in total. The maximum Gasteiger partial charge on any atom is 0.140 e. The maximum atomic E-state index is 2.40. The first-order valence-corrected chi connectivity index (χ1v) is 5.91. The average molecular weight is 343 g/mol. The van der Waals surface area contributed by atoms with Gasteiger partial charge in [-0.3, -0.25) is 4.48 Å².